The fourth-order valence-corrected chi connectivity index (χ4v) is 1.87. The molecule has 0 fully saturated rings. The molecule has 1 aromatic carbocycles. The molecule has 4 heteroatoms. The second-order valence-electron chi connectivity index (χ2n) is 4.41. The van der Waals surface area contributed by atoms with Gasteiger partial charge in [-0.1, -0.05) is 36.4 Å². The lowest BCUT2D eigenvalue weighted by Crippen LogP contribution is -1.94. The van der Waals surface area contributed by atoms with E-state index in [-0.39, 0.29) is 5.78 Å². The van der Waals surface area contributed by atoms with Gasteiger partial charge < -0.3 is 4.74 Å². The van der Waals surface area contributed by atoms with Gasteiger partial charge in [0.2, 0.25) is 0 Å². The standard InChI is InChI=1S/C17H18N2O2/c1-3-19-13-15(12-18-19)16(20)10-6-4-8-14-9-5-7-11-17(14)21-2/h4-13H,3H2,1-2H3. The van der Waals surface area contributed by atoms with Crippen LogP contribution in [-0.4, -0.2) is 22.7 Å². The van der Waals surface area contributed by atoms with E-state index < -0.39 is 0 Å². The van der Waals surface area contributed by atoms with Crippen LogP contribution in [0.25, 0.3) is 6.08 Å². The van der Waals surface area contributed by atoms with Gasteiger partial charge in [0.1, 0.15) is 5.75 Å². The molecular weight excluding hydrogens is 264 g/mol. The number of aryl methyl sites for hydroxylation is 1. The molecule has 0 unspecified atom stereocenters. The number of para-hydroxylation sites is 1. The zero-order valence-corrected chi connectivity index (χ0v) is 12.2. The number of ketones is 1. The van der Waals surface area contributed by atoms with Crippen molar-refractivity contribution in [1.82, 2.24) is 9.78 Å². The predicted molar refractivity (Wildman–Crippen MR) is 83.4 cm³/mol. The van der Waals surface area contributed by atoms with Crippen molar-refractivity contribution in [2.45, 2.75) is 13.5 Å². The van der Waals surface area contributed by atoms with E-state index in [1.165, 1.54) is 6.08 Å². The predicted octanol–water partition coefficient (Wildman–Crippen LogP) is 3.36. The summed E-state index contributed by atoms with van der Waals surface area (Å²) in [6, 6.07) is 7.71. The number of hydrogen-bond donors (Lipinski definition) is 0. The first-order chi connectivity index (χ1) is 10.2. The Morgan fingerprint density at radius 2 is 2.14 bits per heavy atom. The molecule has 2 rings (SSSR count). The maximum atomic E-state index is 11.9. The molecule has 2 aromatic rings. The highest BCUT2D eigenvalue weighted by atomic mass is 16.5. The molecule has 0 aliphatic carbocycles. The van der Waals surface area contributed by atoms with E-state index in [0.717, 1.165) is 17.9 Å². The Labute approximate surface area is 124 Å². The molecule has 0 aliphatic heterocycles. The van der Waals surface area contributed by atoms with Crippen LogP contribution in [0.2, 0.25) is 0 Å². The molecule has 21 heavy (non-hydrogen) atoms. The maximum Gasteiger partial charge on any atom is 0.188 e. The normalized spacial score (nSPS) is 11.3. The van der Waals surface area contributed by atoms with Gasteiger partial charge in [0.05, 0.1) is 18.9 Å². The molecule has 4 nitrogen and oxygen atoms in total. The van der Waals surface area contributed by atoms with Gasteiger partial charge in [0.15, 0.2) is 5.78 Å². The number of carbonyl (C=O) groups is 1. The zero-order chi connectivity index (χ0) is 15.1. The lowest BCUT2D eigenvalue weighted by atomic mass is 10.1. The highest BCUT2D eigenvalue weighted by molar-refractivity contribution is 6.04. The first-order valence-electron chi connectivity index (χ1n) is 6.79. The third-order valence-corrected chi connectivity index (χ3v) is 3.02. The number of methoxy groups -OCH3 is 1. The molecule has 0 saturated heterocycles. The molecule has 1 heterocycles. The van der Waals surface area contributed by atoms with E-state index in [1.807, 2.05) is 43.3 Å². The monoisotopic (exact) mass is 282 g/mol. The van der Waals surface area contributed by atoms with Crippen LogP contribution in [0.3, 0.4) is 0 Å². The molecule has 0 aliphatic rings. The number of nitrogens with zero attached hydrogens (tertiary/aromatic N) is 2. The lowest BCUT2D eigenvalue weighted by Gasteiger charge is -2.02. The second-order valence-corrected chi connectivity index (χ2v) is 4.41. The number of ether oxygens (including phenoxy) is 1. The molecule has 0 radical (unpaired) electrons. The number of benzene rings is 1. The summed E-state index contributed by atoms with van der Waals surface area (Å²) < 4.78 is 6.98. The van der Waals surface area contributed by atoms with Crippen LogP contribution in [0.15, 0.2) is 54.9 Å². The first kappa shape index (κ1) is 14.8. The lowest BCUT2D eigenvalue weighted by molar-refractivity contribution is 0.104. The van der Waals surface area contributed by atoms with Gasteiger partial charge in [-0.2, -0.15) is 5.10 Å². The summed E-state index contributed by atoms with van der Waals surface area (Å²) in [6.07, 6.45) is 10.3. The summed E-state index contributed by atoms with van der Waals surface area (Å²) in [4.78, 5) is 11.9. The Bertz CT molecular complexity index is 669. The summed E-state index contributed by atoms with van der Waals surface area (Å²) in [7, 11) is 1.64. The highest BCUT2D eigenvalue weighted by Gasteiger charge is 2.03. The average molecular weight is 282 g/mol. The largest absolute Gasteiger partial charge is 0.496 e. The van der Waals surface area contributed by atoms with Gasteiger partial charge in [-0.25, -0.2) is 0 Å². The summed E-state index contributed by atoms with van der Waals surface area (Å²) >= 11 is 0. The fraction of sp³-hybridized carbons (Fsp3) is 0.176. The van der Waals surface area contributed by atoms with E-state index in [0.29, 0.717) is 5.56 Å². The minimum absolute atomic E-state index is 0.0561. The number of carbonyl (C=O) groups excluding carboxylic acids is 1. The molecular formula is C17H18N2O2. The molecule has 108 valence electrons. The summed E-state index contributed by atoms with van der Waals surface area (Å²) in [6.45, 7) is 2.73. The number of allylic oxidation sites excluding steroid dienone is 3. The quantitative estimate of drug-likeness (QED) is 0.463. The molecule has 1 aromatic heterocycles. The van der Waals surface area contributed by atoms with Crippen molar-refractivity contribution in [1.29, 1.82) is 0 Å². The summed E-state index contributed by atoms with van der Waals surface area (Å²) in [5.74, 6) is 0.747. The smallest absolute Gasteiger partial charge is 0.188 e. The average Bonchev–Trinajstić information content (AvgIpc) is 3.01. The summed E-state index contributed by atoms with van der Waals surface area (Å²) in [5.41, 5.74) is 1.56. The van der Waals surface area contributed by atoms with E-state index in [2.05, 4.69) is 5.10 Å². The van der Waals surface area contributed by atoms with Crippen molar-refractivity contribution in [2.75, 3.05) is 7.11 Å². The minimum atomic E-state index is -0.0561. The SMILES string of the molecule is CCn1cc(C(=O)C=CC=Cc2ccccc2OC)cn1. The Morgan fingerprint density at radius 3 is 2.86 bits per heavy atom. The van der Waals surface area contributed by atoms with Gasteiger partial charge >= 0.3 is 0 Å². The van der Waals surface area contributed by atoms with Crippen molar-refractivity contribution in [3.63, 3.8) is 0 Å². The molecule has 0 N–H and O–H groups in total. The molecule has 0 saturated carbocycles. The molecule has 0 amide bonds. The van der Waals surface area contributed by atoms with Crippen LogP contribution in [0.1, 0.15) is 22.8 Å². The van der Waals surface area contributed by atoms with Crippen LogP contribution in [0.4, 0.5) is 0 Å². The minimum Gasteiger partial charge on any atom is -0.496 e. The third-order valence-electron chi connectivity index (χ3n) is 3.02. The molecule has 0 atom stereocenters. The second kappa shape index (κ2) is 7.24. The molecule has 0 bridgehead atoms. The first-order valence-corrected chi connectivity index (χ1v) is 6.79. The topological polar surface area (TPSA) is 44.1 Å². The van der Waals surface area contributed by atoms with Crippen molar-refractivity contribution in [2.24, 2.45) is 0 Å². The number of aromatic nitrogens is 2. The van der Waals surface area contributed by atoms with Crippen LogP contribution >= 0.6 is 0 Å². The Balaban J connectivity index is 2.01. The highest BCUT2D eigenvalue weighted by Crippen LogP contribution is 2.18. The van der Waals surface area contributed by atoms with Gasteiger partial charge in [0.25, 0.3) is 0 Å². The number of hydrogen-bond acceptors (Lipinski definition) is 3. The van der Waals surface area contributed by atoms with Crippen LogP contribution in [0, 0.1) is 0 Å². The van der Waals surface area contributed by atoms with Crippen LogP contribution in [-0.2, 0) is 6.54 Å². The number of rotatable bonds is 6. The van der Waals surface area contributed by atoms with Crippen LogP contribution in [0.5, 0.6) is 5.75 Å². The van der Waals surface area contributed by atoms with Gasteiger partial charge in [-0.05, 0) is 19.1 Å². The van der Waals surface area contributed by atoms with E-state index in [4.69, 9.17) is 4.74 Å². The van der Waals surface area contributed by atoms with Gasteiger partial charge in [-0.3, -0.25) is 9.48 Å². The third kappa shape index (κ3) is 3.92. The Hall–Kier alpha value is -2.62. The van der Waals surface area contributed by atoms with Gasteiger partial charge in [0, 0.05) is 18.3 Å². The van der Waals surface area contributed by atoms with Crippen molar-refractivity contribution < 1.29 is 9.53 Å². The zero-order valence-electron chi connectivity index (χ0n) is 12.2. The van der Waals surface area contributed by atoms with E-state index in [9.17, 15) is 4.79 Å². The van der Waals surface area contributed by atoms with E-state index in [1.54, 1.807) is 30.3 Å². The molecule has 0 spiro atoms. The van der Waals surface area contributed by atoms with Crippen molar-refractivity contribution >= 4 is 11.9 Å². The Kier molecular flexibility index (Phi) is 5.10. The van der Waals surface area contributed by atoms with Gasteiger partial charge in [-0.15, -0.1) is 0 Å². The Morgan fingerprint density at radius 1 is 1.33 bits per heavy atom. The van der Waals surface area contributed by atoms with Crippen molar-refractivity contribution in [3.05, 3.63) is 66.0 Å². The van der Waals surface area contributed by atoms with E-state index >= 15 is 0 Å². The van der Waals surface area contributed by atoms with Crippen LogP contribution < -0.4 is 4.74 Å². The van der Waals surface area contributed by atoms with Crippen molar-refractivity contribution in [3.8, 4) is 5.75 Å². The fourth-order valence-electron chi connectivity index (χ4n) is 1.87. The maximum absolute atomic E-state index is 11.9. The summed E-state index contributed by atoms with van der Waals surface area (Å²) in [5, 5.41) is 4.08.